The predicted octanol–water partition coefficient (Wildman–Crippen LogP) is 3.52. The van der Waals surface area contributed by atoms with Crippen LogP contribution in [0.1, 0.15) is 5.56 Å². The largest absolute Gasteiger partial charge is 0.482 e. The van der Waals surface area contributed by atoms with Crippen LogP contribution in [-0.4, -0.2) is 34.5 Å². The van der Waals surface area contributed by atoms with Crippen LogP contribution in [0, 0.1) is 0 Å². The van der Waals surface area contributed by atoms with Gasteiger partial charge in [-0.1, -0.05) is 40.9 Å². The monoisotopic (exact) mass is 448 g/mol. The lowest BCUT2D eigenvalue weighted by Crippen LogP contribution is -2.33. The molecule has 1 heterocycles. The number of hydrogen-bond acceptors (Lipinski definition) is 4. The van der Waals surface area contributed by atoms with Gasteiger partial charge in [-0.3, -0.25) is 4.79 Å². The number of ether oxygens (including phenoxy) is 1. The van der Waals surface area contributed by atoms with Crippen LogP contribution >= 0.6 is 34.8 Å². The number of halogens is 3. The van der Waals surface area contributed by atoms with Crippen LogP contribution in [0.2, 0.25) is 15.1 Å². The summed E-state index contributed by atoms with van der Waals surface area (Å²) in [6.45, 7) is 0.163. The van der Waals surface area contributed by atoms with Gasteiger partial charge in [0.1, 0.15) is 5.75 Å². The molecule has 2 aromatic carbocycles. The summed E-state index contributed by atoms with van der Waals surface area (Å²) in [5.74, 6) is -0.0831. The number of amides is 1. The smallest absolute Gasteiger partial charge is 0.264 e. The van der Waals surface area contributed by atoms with Gasteiger partial charge < -0.3 is 9.64 Å². The van der Waals surface area contributed by atoms with Crippen LogP contribution in [0.15, 0.2) is 35.2 Å². The summed E-state index contributed by atoms with van der Waals surface area (Å²) in [6.07, 6.45) is 0.633. The number of carbonyl (C=O) groups is 1. The lowest BCUT2D eigenvalue weighted by molar-refractivity contribution is -0.120. The van der Waals surface area contributed by atoms with Crippen LogP contribution in [0.25, 0.3) is 0 Å². The number of anilines is 1. The van der Waals surface area contributed by atoms with E-state index in [1.807, 2.05) is 0 Å². The summed E-state index contributed by atoms with van der Waals surface area (Å²) >= 11 is 17.9. The van der Waals surface area contributed by atoms with E-state index >= 15 is 0 Å². The second-order valence-electron chi connectivity index (χ2n) is 5.78. The molecule has 0 saturated carbocycles. The van der Waals surface area contributed by atoms with Gasteiger partial charge in [-0.15, -0.1) is 0 Å². The van der Waals surface area contributed by atoms with E-state index < -0.39 is 10.0 Å². The highest BCUT2D eigenvalue weighted by Gasteiger charge is 2.27. The van der Waals surface area contributed by atoms with E-state index in [4.69, 9.17) is 39.5 Å². The van der Waals surface area contributed by atoms with Crippen molar-refractivity contribution in [3.05, 3.63) is 51.0 Å². The number of sulfonamides is 1. The molecule has 144 valence electrons. The Balaban J connectivity index is 1.79. The third kappa shape index (κ3) is 4.17. The number of fused-ring (bicyclic) bond motifs is 1. The first-order chi connectivity index (χ1) is 12.7. The van der Waals surface area contributed by atoms with E-state index in [2.05, 4.69) is 4.72 Å². The van der Waals surface area contributed by atoms with Crippen molar-refractivity contribution in [3.8, 4) is 5.75 Å². The lowest BCUT2D eigenvalue weighted by atomic mass is 10.2. The molecule has 6 nitrogen and oxygen atoms in total. The maximum atomic E-state index is 12.6. The molecular formula is C17H15Cl3N2O4S. The van der Waals surface area contributed by atoms with Crippen LogP contribution in [-0.2, 0) is 21.2 Å². The van der Waals surface area contributed by atoms with Crippen molar-refractivity contribution < 1.29 is 17.9 Å². The second kappa shape index (κ2) is 7.85. The molecule has 0 atom stereocenters. The Morgan fingerprint density at radius 2 is 1.85 bits per heavy atom. The Kier molecular flexibility index (Phi) is 5.88. The summed E-state index contributed by atoms with van der Waals surface area (Å²) in [7, 11) is -2.27. The molecule has 2 aromatic rings. The third-order valence-corrected chi connectivity index (χ3v) is 6.59. The van der Waals surface area contributed by atoms with Crippen molar-refractivity contribution in [2.45, 2.75) is 11.3 Å². The van der Waals surface area contributed by atoms with Crippen molar-refractivity contribution in [1.82, 2.24) is 4.72 Å². The molecule has 27 heavy (non-hydrogen) atoms. The van der Waals surface area contributed by atoms with E-state index in [1.54, 1.807) is 6.07 Å². The summed E-state index contributed by atoms with van der Waals surface area (Å²) in [4.78, 5) is 14.2. The summed E-state index contributed by atoms with van der Waals surface area (Å²) in [5.41, 5.74) is 1.45. The van der Waals surface area contributed by atoms with Crippen molar-refractivity contribution >= 4 is 56.4 Å². The minimum atomic E-state index is -3.60. The summed E-state index contributed by atoms with van der Waals surface area (Å²) in [5, 5.41) is 0.783. The molecule has 0 fully saturated rings. The number of rotatable bonds is 5. The van der Waals surface area contributed by atoms with Crippen molar-refractivity contribution in [3.63, 3.8) is 0 Å². The molecule has 0 saturated heterocycles. The number of carbonyl (C=O) groups excluding carboxylic acids is 1. The van der Waals surface area contributed by atoms with Gasteiger partial charge in [0.25, 0.3) is 5.91 Å². The van der Waals surface area contributed by atoms with Gasteiger partial charge in [0.05, 0.1) is 20.0 Å². The fourth-order valence-corrected chi connectivity index (χ4v) is 4.08. The number of benzene rings is 2. The van der Waals surface area contributed by atoms with Crippen LogP contribution in [0.5, 0.6) is 5.75 Å². The maximum absolute atomic E-state index is 12.6. The summed E-state index contributed by atoms with van der Waals surface area (Å²) in [6, 6.07) is 7.59. The molecule has 3 rings (SSSR count). The van der Waals surface area contributed by atoms with Gasteiger partial charge in [-0.05, 0) is 37.2 Å². The van der Waals surface area contributed by atoms with Gasteiger partial charge in [0.15, 0.2) is 6.61 Å². The normalized spacial score (nSPS) is 13.6. The maximum Gasteiger partial charge on any atom is 0.264 e. The third-order valence-electron chi connectivity index (χ3n) is 4.16. The summed E-state index contributed by atoms with van der Waals surface area (Å²) < 4.78 is 31.8. The van der Waals surface area contributed by atoms with Crippen molar-refractivity contribution in [1.29, 1.82) is 0 Å². The number of hydrogen-bond donors (Lipinski definition) is 1. The minimum absolute atomic E-state index is 0.0943. The first-order valence-electron chi connectivity index (χ1n) is 7.87. The fraction of sp³-hybridized carbons (Fsp3) is 0.235. The highest BCUT2D eigenvalue weighted by atomic mass is 35.5. The van der Waals surface area contributed by atoms with Crippen molar-refractivity contribution in [2.24, 2.45) is 0 Å². The van der Waals surface area contributed by atoms with Crippen LogP contribution < -0.4 is 14.4 Å². The Labute approximate surface area is 172 Å². The van der Waals surface area contributed by atoms with Gasteiger partial charge in [0, 0.05) is 18.3 Å². The minimum Gasteiger partial charge on any atom is -0.482 e. The quantitative estimate of drug-likeness (QED) is 0.709. The molecule has 1 amide bonds. The Morgan fingerprint density at radius 3 is 2.56 bits per heavy atom. The predicted molar refractivity (Wildman–Crippen MR) is 106 cm³/mol. The second-order valence-corrected chi connectivity index (χ2v) is 8.89. The molecule has 1 N–H and O–H groups in total. The molecule has 1 aliphatic heterocycles. The van der Waals surface area contributed by atoms with Gasteiger partial charge in [-0.2, -0.15) is 0 Å². The molecule has 0 radical (unpaired) electrons. The molecule has 1 aliphatic rings. The molecule has 0 spiro atoms. The standard InChI is InChI=1S/C17H15Cl3N2O4S/c1-21-27(24,25)11-3-2-10-4-5-22(15(10)6-11)17(23)9-26-16-8-13(19)12(18)7-14(16)20/h2-3,6-8,21H,4-5,9H2,1H3. The highest BCUT2D eigenvalue weighted by molar-refractivity contribution is 7.89. The molecular weight excluding hydrogens is 435 g/mol. The Hall–Kier alpha value is -1.51. The Morgan fingerprint density at radius 1 is 1.15 bits per heavy atom. The molecule has 0 unspecified atom stereocenters. The Bertz CT molecular complexity index is 1010. The first kappa shape index (κ1) is 20.2. The zero-order valence-corrected chi connectivity index (χ0v) is 17.2. The van der Waals surface area contributed by atoms with Crippen LogP contribution in [0.4, 0.5) is 5.69 Å². The lowest BCUT2D eigenvalue weighted by Gasteiger charge is -2.18. The first-order valence-corrected chi connectivity index (χ1v) is 10.5. The van der Waals surface area contributed by atoms with Gasteiger partial charge in [0.2, 0.25) is 10.0 Å². The highest BCUT2D eigenvalue weighted by Crippen LogP contribution is 2.34. The van der Waals surface area contributed by atoms with Crippen LogP contribution in [0.3, 0.4) is 0 Å². The van der Waals surface area contributed by atoms with Gasteiger partial charge in [-0.25, -0.2) is 13.1 Å². The van der Waals surface area contributed by atoms with E-state index in [0.717, 1.165) is 5.56 Å². The topological polar surface area (TPSA) is 75.7 Å². The molecule has 0 aromatic heterocycles. The van der Waals surface area contributed by atoms with Crippen molar-refractivity contribution in [2.75, 3.05) is 25.1 Å². The fourth-order valence-electron chi connectivity index (χ4n) is 2.74. The van der Waals surface area contributed by atoms with E-state index in [-0.39, 0.29) is 38.2 Å². The average molecular weight is 450 g/mol. The van der Waals surface area contributed by atoms with Gasteiger partial charge >= 0.3 is 0 Å². The van der Waals surface area contributed by atoms with E-state index in [0.29, 0.717) is 18.7 Å². The zero-order valence-electron chi connectivity index (χ0n) is 14.1. The van der Waals surface area contributed by atoms with E-state index in [1.165, 1.54) is 36.2 Å². The number of nitrogens with one attached hydrogen (secondary N) is 1. The molecule has 10 heteroatoms. The SMILES string of the molecule is CNS(=O)(=O)c1ccc2c(c1)N(C(=O)COc1cc(Cl)c(Cl)cc1Cl)CC2. The molecule has 0 aliphatic carbocycles. The van der Waals surface area contributed by atoms with E-state index in [9.17, 15) is 13.2 Å². The number of nitrogens with zero attached hydrogens (tertiary/aromatic N) is 1. The zero-order chi connectivity index (χ0) is 19.8. The average Bonchev–Trinajstić information content (AvgIpc) is 3.06. The molecule has 0 bridgehead atoms.